The van der Waals surface area contributed by atoms with Crippen molar-refractivity contribution < 1.29 is 19.0 Å². The van der Waals surface area contributed by atoms with Crippen LogP contribution in [0.1, 0.15) is 46.1 Å². The molecule has 0 aliphatic carbocycles. The van der Waals surface area contributed by atoms with Crippen molar-refractivity contribution in [1.29, 1.82) is 0 Å². The van der Waals surface area contributed by atoms with Gasteiger partial charge in [0.05, 0.1) is 14.2 Å². The molecular formula is C22H39IN4O4. The number of methoxy groups -OCH3 is 2. The molecule has 31 heavy (non-hydrogen) atoms. The van der Waals surface area contributed by atoms with Gasteiger partial charge in [0.15, 0.2) is 17.5 Å². The molecule has 9 heteroatoms. The van der Waals surface area contributed by atoms with Crippen molar-refractivity contribution in [3.8, 4) is 11.5 Å². The topological polar surface area (TPSA) is 93.2 Å². The average molecular weight is 550 g/mol. The highest BCUT2D eigenvalue weighted by Crippen LogP contribution is 2.27. The Bertz CT molecular complexity index is 678. The van der Waals surface area contributed by atoms with E-state index in [1.54, 1.807) is 14.2 Å². The molecule has 0 fully saturated rings. The zero-order chi connectivity index (χ0) is 22.4. The number of nitrogens with one attached hydrogen (secondary N) is 3. The molecule has 0 heterocycles. The van der Waals surface area contributed by atoms with E-state index in [4.69, 9.17) is 14.2 Å². The van der Waals surface area contributed by atoms with Crippen LogP contribution in [0.2, 0.25) is 0 Å². The summed E-state index contributed by atoms with van der Waals surface area (Å²) < 4.78 is 15.8. The Balaban J connectivity index is 0.00000900. The third-order valence-corrected chi connectivity index (χ3v) is 4.00. The number of hydrogen-bond acceptors (Lipinski definition) is 5. The maximum absolute atomic E-state index is 11.6. The van der Waals surface area contributed by atoms with Crippen molar-refractivity contribution in [2.24, 2.45) is 4.99 Å². The minimum Gasteiger partial charge on any atom is -0.493 e. The minimum atomic E-state index is -0.485. The number of ether oxygens (including phenoxy) is 3. The van der Waals surface area contributed by atoms with Crippen molar-refractivity contribution >= 4 is 36.0 Å². The van der Waals surface area contributed by atoms with E-state index in [0.29, 0.717) is 13.1 Å². The highest BCUT2D eigenvalue weighted by Gasteiger charge is 2.15. The van der Waals surface area contributed by atoms with Crippen LogP contribution in [0.25, 0.3) is 0 Å². The van der Waals surface area contributed by atoms with Crippen LogP contribution in [-0.4, -0.2) is 58.1 Å². The van der Waals surface area contributed by atoms with Gasteiger partial charge in [-0.3, -0.25) is 4.99 Å². The molecule has 0 aromatic heterocycles. The molecule has 178 valence electrons. The molecule has 1 aromatic rings. The van der Waals surface area contributed by atoms with Crippen LogP contribution in [0.4, 0.5) is 4.79 Å². The van der Waals surface area contributed by atoms with Crippen LogP contribution in [-0.2, 0) is 11.2 Å². The first-order chi connectivity index (χ1) is 14.3. The van der Waals surface area contributed by atoms with E-state index in [2.05, 4.69) is 27.0 Å². The first kappa shape index (κ1) is 29.1. The van der Waals surface area contributed by atoms with E-state index in [1.807, 2.05) is 39.8 Å². The number of aryl methyl sites for hydroxylation is 1. The van der Waals surface area contributed by atoms with E-state index >= 15 is 0 Å². The number of amides is 1. The number of rotatable bonds is 11. The fourth-order valence-electron chi connectivity index (χ4n) is 2.65. The first-order valence-corrected chi connectivity index (χ1v) is 10.5. The maximum atomic E-state index is 11.6. The highest BCUT2D eigenvalue weighted by molar-refractivity contribution is 14.0. The normalized spacial score (nSPS) is 11.2. The Morgan fingerprint density at radius 2 is 1.68 bits per heavy atom. The fourth-order valence-corrected chi connectivity index (χ4v) is 2.65. The Morgan fingerprint density at radius 1 is 1.00 bits per heavy atom. The third-order valence-electron chi connectivity index (χ3n) is 4.00. The zero-order valence-corrected chi connectivity index (χ0v) is 22.0. The maximum Gasteiger partial charge on any atom is 0.407 e. The summed E-state index contributed by atoms with van der Waals surface area (Å²) in [6.07, 6.45) is 2.22. The number of hydrogen-bond donors (Lipinski definition) is 3. The second-order valence-electron chi connectivity index (χ2n) is 7.76. The standard InChI is InChI=1S/C22H38N4O4.HI/c1-7-23-20(25-14-9-15-26-21(27)30-22(2,3)4)24-13-8-10-17-11-12-18(28-5)19(16-17)29-6;/h11-12,16H,7-10,13-15H2,1-6H3,(H,26,27)(H2,23,24,25);1H. The molecule has 8 nitrogen and oxygen atoms in total. The third kappa shape index (κ3) is 13.2. The van der Waals surface area contributed by atoms with Gasteiger partial charge in [-0.15, -0.1) is 24.0 Å². The summed E-state index contributed by atoms with van der Waals surface area (Å²) >= 11 is 0. The van der Waals surface area contributed by atoms with Crippen molar-refractivity contribution in [1.82, 2.24) is 16.0 Å². The van der Waals surface area contributed by atoms with Gasteiger partial charge < -0.3 is 30.2 Å². The van der Waals surface area contributed by atoms with Gasteiger partial charge in [-0.1, -0.05) is 6.07 Å². The lowest BCUT2D eigenvalue weighted by Gasteiger charge is -2.19. The Labute approximate surface area is 203 Å². The molecular weight excluding hydrogens is 511 g/mol. The van der Waals surface area contributed by atoms with Crippen LogP contribution in [0, 0.1) is 0 Å². The number of benzene rings is 1. The van der Waals surface area contributed by atoms with E-state index < -0.39 is 11.7 Å². The van der Waals surface area contributed by atoms with Gasteiger partial charge in [-0.2, -0.15) is 0 Å². The molecule has 0 saturated carbocycles. The van der Waals surface area contributed by atoms with Crippen LogP contribution < -0.4 is 25.4 Å². The van der Waals surface area contributed by atoms with Gasteiger partial charge in [0.1, 0.15) is 5.60 Å². The number of guanidine groups is 1. The number of carbonyl (C=O) groups is 1. The van der Waals surface area contributed by atoms with E-state index in [1.165, 1.54) is 5.56 Å². The van der Waals surface area contributed by atoms with Crippen LogP contribution in [0.15, 0.2) is 23.2 Å². The SMILES string of the molecule is CCNC(=NCCCNC(=O)OC(C)(C)C)NCCCc1ccc(OC)c(OC)c1.I. The van der Waals surface area contributed by atoms with E-state index in [9.17, 15) is 4.79 Å². The molecule has 0 aliphatic rings. The largest absolute Gasteiger partial charge is 0.493 e. The highest BCUT2D eigenvalue weighted by atomic mass is 127. The summed E-state index contributed by atoms with van der Waals surface area (Å²) in [5.74, 6) is 2.27. The van der Waals surface area contributed by atoms with Gasteiger partial charge >= 0.3 is 6.09 Å². The lowest BCUT2D eigenvalue weighted by Crippen LogP contribution is -2.38. The molecule has 0 unspecified atom stereocenters. The quantitative estimate of drug-likeness (QED) is 0.168. The lowest BCUT2D eigenvalue weighted by molar-refractivity contribution is 0.0527. The molecule has 0 atom stereocenters. The lowest BCUT2D eigenvalue weighted by atomic mass is 10.1. The van der Waals surface area contributed by atoms with E-state index in [-0.39, 0.29) is 24.0 Å². The van der Waals surface area contributed by atoms with Gasteiger partial charge in [-0.25, -0.2) is 4.79 Å². The summed E-state index contributed by atoms with van der Waals surface area (Å²) in [5, 5.41) is 9.32. The monoisotopic (exact) mass is 550 g/mol. The van der Waals surface area contributed by atoms with Crippen LogP contribution in [0.3, 0.4) is 0 Å². The smallest absolute Gasteiger partial charge is 0.407 e. The summed E-state index contributed by atoms with van der Waals surface area (Å²) in [6, 6.07) is 5.99. The van der Waals surface area contributed by atoms with Gasteiger partial charge in [0.2, 0.25) is 0 Å². The van der Waals surface area contributed by atoms with Gasteiger partial charge in [-0.05, 0) is 64.7 Å². The van der Waals surface area contributed by atoms with E-state index in [0.717, 1.165) is 49.8 Å². The molecule has 1 rings (SSSR count). The molecule has 0 bridgehead atoms. The first-order valence-electron chi connectivity index (χ1n) is 10.5. The summed E-state index contributed by atoms with van der Waals surface area (Å²) in [6.45, 7) is 10.3. The molecule has 0 spiro atoms. The minimum absolute atomic E-state index is 0. The second kappa shape index (κ2) is 15.8. The fraction of sp³-hybridized carbons (Fsp3) is 0.636. The Hall–Kier alpha value is -1.91. The van der Waals surface area contributed by atoms with Crippen LogP contribution in [0.5, 0.6) is 11.5 Å². The second-order valence-corrected chi connectivity index (χ2v) is 7.76. The van der Waals surface area contributed by atoms with Crippen molar-refractivity contribution in [2.75, 3.05) is 40.4 Å². The summed E-state index contributed by atoms with van der Waals surface area (Å²) in [7, 11) is 3.28. The molecule has 1 amide bonds. The predicted octanol–water partition coefficient (Wildman–Crippen LogP) is 3.72. The van der Waals surface area contributed by atoms with Crippen molar-refractivity contribution in [3.63, 3.8) is 0 Å². The van der Waals surface area contributed by atoms with Crippen LogP contribution >= 0.6 is 24.0 Å². The van der Waals surface area contributed by atoms with Crippen molar-refractivity contribution in [2.45, 2.75) is 52.6 Å². The molecule has 1 aromatic carbocycles. The number of alkyl carbamates (subject to hydrolysis) is 1. The number of carbonyl (C=O) groups excluding carboxylic acids is 1. The molecule has 0 saturated heterocycles. The van der Waals surface area contributed by atoms with Gasteiger partial charge in [0.25, 0.3) is 0 Å². The summed E-state index contributed by atoms with van der Waals surface area (Å²) in [5.41, 5.74) is 0.714. The number of halogens is 1. The van der Waals surface area contributed by atoms with Gasteiger partial charge in [0, 0.05) is 26.2 Å². The molecule has 0 aliphatic heterocycles. The Morgan fingerprint density at radius 3 is 2.29 bits per heavy atom. The molecule has 3 N–H and O–H groups in total. The summed E-state index contributed by atoms with van der Waals surface area (Å²) in [4.78, 5) is 16.2. The Kier molecular flexibility index (Phi) is 14.9. The number of aliphatic imine (C=N–C) groups is 1. The molecule has 0 radical (unpaired) electrons. The van der Waals surface area contributed by atoms with Crippen molar-refractivity contribution in [3.05, 3.63) is 23.8 Å². The zero-order valence-electron chi connectivity index (χ0n) is 19.7. The average Bonchev–Trinajstić information content (AvgIpc) is 2.69. The predicted molar refractivity (Wildman–Crippen MR) is 136 cm³/mol. The number of nitrogens with zero attached hydrogens (tertiary/aromatic N) is 1.